The van der Waals surface area contributed by atoms with Gasteiger partial charge in [-0.2, -0.15) is 0 Å². The van der Waals surface area contributed by atoms with Gasteiger partial charge in [0.1, 0.15) is 0 Å². The largest absolute Gasteiger partial charge is 0.316 e. The summed E-state index contributed by atoms with van der Waals surface area (Å²) in [6.45, 7) is 12.7. The number of nitrogens with one attached hydrogen (secondary N) is 1. The van der Waals surface area contributed by atoms with Crippen molar-refractivity contribution in [3.05, 3.63) is 11.6 Å². The summed E-state index contributed by atoms with van der Waals surface area (Å²) in [5.41, 5.74) is 2.38. The zero-order chi connectivity index (χ0) is 11.0. The predicted molar refractivity (Wildman–Crippen MR) is 65.6 cm³/mol. The normalized spacial score (nSPS) is 28.2. The van der Waals surface area contributed by atoms with E-state index in [2.05, 4.69) is 18.3 Å². The van der Waals surface area contributed by atoms with E-state index in [4.69, 9.17) is 0 Å². The zero-order valence-corrected chi connectivity index (χ0v) is 10.6. The maximum atomic E-state index is 3.43. The number of rotatable bonds is 0. The Kier molecular flexibility index (Phi) is 6.90. The van der Waals surface area contributed by atoms with Crippen molar-refractivity contribution in [2.24, 2.45) is 5.41 Å². The van der Waals surface area contributed by atoms with Crippen LogP contribution in [0.25, 0.3) is 0 Å². The highest BCUT2D eigenvalue weighted by Crippen LogP contribution is 2.48. The Balaban J connectivity index is 0.000000379. The fraction of sp³-hybridized carbons (Fsp3) is 0.846. The summed E-state index contributed by atoms with van der Waals surface area (Å²) in [6, 6.07) is 0. The van der Waals surface area contributed by atoms with Crippen molar-refractivity contribution in [1.29, 1.82) is 0 Å². The standard InChI is InChI=1S/C9H15N.2C2H6/c1-2-8-5-9(6-8)3-4-10-7-9;2*1-2/h2,10H,3-7H2,1H3;2*1-2H3. The minimum absolute atomic E-state index is 0.710. The van der Waals surface area contributed by atoms with Crippen LogP contribution >= 0.6 is 0 Å². The number of hydrogen-bond donors (Lipinski definition) is 1. The van der Waals surface area contributed by atoms with Crippen LogP contribution in [0.3, 0.4) is 0 Å². The van der Waals surface area contributed by atoms with Crippen LogP contribution < -0.4 is 5.32 Å². The van der Waals surface area contributed by atoms with Crippen molar-refractivity contribution in [2.75, 3.05) is 13.1 Å². The second-order valence-corrected chi connectivity index (χ2v) is 3.73. The molecule has 14 heavy (non-hydrogen) atoms. The van der Waals surface area contributed by atoms with Gasteiger partial charge in [0.05, 0.1) is 0 Å². The molecule has 0 unspecified atom stereocenters. The van der Waals surface area contributed by atoms with Crippen LogP contribution in [0, 0.1) is 5.41 Å². The van der Waals surface area contributed by atoms with Gasteiger partial charge in [-0.3, -0.25) is 0 Å². The first-order valence-corrected chi connectivity index (χ1v) is 6.19. The molecule has 1 aliphatic carbocycles. The summed E-state index contributed by atoms with van der Waals surface area (Å²) >= 11 is 0. The lowest BCUT2D eigenvalue weighted by molar-refractivity contribution is 0.237. The topological polar surface area (TPSA) is 12.0 Å². The van der Waals surface area contributed by atoms with E-state index in [1.54, 1.807) is 5.57 Å². The van der Waals surface area contributed by atoms with Gasteiger partial charge < -0.3 is 5.32 Å². The van der Waals surface area contributed by atoms with Gasteiger partial charge in [0, 0.05) is 6.54 Å². The molecular formula is C13H27N. The quantitative estimate of drug-likeness (QED) is 0.583. The molecule has 0 atom stereocenters. The highest BCUT2D eigenvalue weighted by Gasteiger charge is 2.41. The SMILES string of the molecule is CC.CC.CC=C1CC2(CCNC2)C1. The molecule has 2 aliphatic rings. The molecule has 2 fully saturated rings. The van der Waals surface area contributed by atoms with Gasteiger partial charge in [-0.15, -0.1) is 0 Å². The molecule has 1 spiro atoms. The molecule has 1 aliphatic heterocycles. The first-order valence-electron chi connectivity index (χ1n) is 6.19. The molecule has 1 saturated heterocycles. The minimum atomic E-state index is 0.710. The average molecular weight is 197 g/mol. The fourth-order valence-corrected chi connectivity index (χ4v) is 2.21. The van der Waals surface area contributed by atoms with Crippen LogP contribution in [-0.2, 0) is 0 Å². The van der Waals surface area contributed by atoms with E-state index in [0.717, 1.165) is 0 Å². The molecule has 0 amide bonds. The number of hydrogen-bond acceptors (Lipinski definition) is 1. The lowest BCUT2D eigenvalue weighted by Crippen LogP contribution is -2.33. The molecule has 1 heteroatoms. The maximum absolute atomic E-state index is 3.43. The second-order valence-electron chi connectivity index (χ2n) is 3.73. The van der Waals surface area contributed by atoms with Gasteiger partial charge in [-0.25, -0.2) is 0 Å². The summed E-state index contributed by atoms with van der Waals surface area (Å²) in [5, 5.41) is 3.43. The monoisotopic (exact) mass is 197 g/mol. The van der Waals surface area contributed by atoms with Crippen molar-refractivity contribution in [1.82, 2.24) is 5.32 Å². The smallest absolute Gasteiger partial charge is 0.00144 e. The Hall–Kier alpha value is -0.300. The van der Waals surface area contributed by atoms with Crippen LogP contribution in [0.15, 0.2) is 11.6 Å². The third kappa shape index (κ3) is 3.13. The molecule has 0 aromatic heterocycles. The minimum Gasteiger partial charge on any atom is -0.316 e. The van der Waals surface area contributed by atoms with E-state index in [1.807, 2.05) is 27.7 Å². The van der Waals surface area contributed by atoms with Crippen LogP contribution in [-0.4, -0.2) is 13.1 Å². The predicted octanol–water partition coefficient (Wildman–Crippen LogP) is 3.76. The average Bonchev–Trinajstić information content (AvgIpc) is 2.70. The molecule has 84 valence electrons. The van der Waals surface area contributed by atoms with Gasteiger partial charge in [0.25, 0.3) is 0 Å². The van der Waals surface area contributed by atoms with Gasteiger partial charge in [-0.1, -0.05) is 39.3 Å². The Bertz CT molecular complexity index is 154. The lowest BCUT2D eigenvalue weighted by atomic mass is 9.65. The molecule has 1 nitrogen and oxygen atoms in total. The highest BCUT2D eigenvalue weighted by atomic mass is 14.9. The van der Waals surface area contributed by atoms with Crippen LogP contribution in [0.1, 0.15) is 53.9 Å². The molecule has 1 N–H and O–H groups in total. The number of allylic oxidation sites excluding steroid dienone is 2. The second kappa shape index (κ2) is 7.05. The van der Waals surface area contributed by atoms with Crippen molar-refractivity contribution in [2.45, 2.75) is 53.9 Å². The van der Waals surface area contributed by atoms with Crippen LogP contribution in [0.5, 0.6) is 0 Å². The van der Waals surface area contributed by atoms with Crippen molar-refractivity contribution in [3.8, 4) is 0 Å². The van der Waals surface area contributed by atoms with E-state index in [0.29, 0.717) is 5.41 Å². The Morgan fingerprint density at radius 1 is 1.14 bits per heavy atom. The molecule has 0 radical (unpaired) electrons. The van der Waals surface area contributed by atoms with Crippen molar-refractivity contribution < 1.29 is 0 Å². The molecular weight excluding hydrogens is 170 g/mol. The van der Waals surface area contributed by atoms with E-state index >= 15 is 0 Å². The Morgan fingerprint density at radius 3 is 2.07 bits per heavy atom. The summed E-state index contributed by atoms with van der Waals surface area (Å²) in [7, 11) is 0. The third-order valence-corrected chi connectivity index (χ3v) is 2.94. The summed E-state index contributed by atoms with van der Waals surface area (Å²) in [4.78, 5) is 0. The fourth-order valence-electron chi connectivity index (χ4n) is 2.21. The van der Waals surface area contributed by atoms with E-state index in [1.165, 1.54) is 32.4 Å². The maximum Gasteiger partial charge on any atom is 0.00144 e. The van der Waals surface area contributed by atoms with E-state index in [9.17, 15) is 0 Å². The van der Waals surface area contributed by atoms with Gasteiger partial charge in [-0.05, 0) is 38.1 Å². The zero-order valence-electron chi connectivity index (χ0n) is 10.6. The van der Waals surface area contributed by atoms with E-state index < -0.39 is 0 Å². The molecule has 1 saturated carbocycles. The first kappa shape index (κ1) is 13.7. The molecule has 2 rings (SSSR count). The van der Waals surface area contributed by atoms with E-state index in [-0.39, 0.29) is 0 Å². The molecule has 0 bridgehead atoms. The van der Waals surface area contributed by atoms with Gasteiger partial charge >= 0.3 is 0 Å². The van der Waals surface area contributed by atoms with Gasteiger partial charge in [0.2, 0.25) is 0 Å². The van der Waals surface area contributed by atoms with Crippen molar-refractivity contribution in [3.63, 3.8) is 0 Å². The summed E-state index contributed by atoms with van der Waals surface area (Å²) in [6.07, 6.45) is 6.43. The van der Waals surface area contributed by atoms with Crippen LogP contribution in [0.2, 0.25) is 0 Å². The lowest BCUT2D eigenvalue weighted by Gasteiger charge is -2.40. The Labute approximate surface area is 90.0 Å². The Morgan fingerprint density at radius 2 is 1.71 bits per heavy atom. The first-order chi connectivity index (χ1) is 6.85. The molecule has 0 aromatic carbocycles. The molecule has 0 aromatic rings. The van der Waals surface area contributed by atoms with Crippen LogP contribution in [0.4, 0.5) is 0 Å². The third-order valence-electron chi connectivity index (χ3n) is 2.94. The summed E-state index contributed by atoms with van der Waals surface area (Å²) in [5.74, 6) is 0. The van der Waals surface area contributed by atoms with Crippen molar-refractivity contribution >= 4 is 0 Å². The van der Waals surface area contributed by atoms with Gasteiger partial charge in [0.15, 0.2) is 0 Å². The highest BCUT2D eigenvalue weighted by molar-refractivity contribution is 5.20. The summed E-state index contributed by atoms with van der Waals surface area (Å²) < 4.78 is 0. The molecule has 1 heterocycles.